The van der Waals surface area contributed by atoms with Gasteiger partial charge in [-0.3, -0.25) is 0 Å². The maximum Gasteiger partial charge on any atom is 0.0724 e. The Labute approximate surface area is 115 Å². The maximum absolute atomic E-state index is 5.98. The fourth-order valence-electron chi connectivity index (χ4n) is 2.71. The van der Waals surface area contributed by atoms with Gasteiger partial charge in [-0.1, -0.05) is 36.6 Å². The molecular weight excluding hydrogens is 246 g/mol. The molecule has 18 heavy (non-hydrogen) atoms. The Hall–Kier alpha value is -0.570. The number of hydrogen-bond acceptors (Lipinski definition) is 2. The number of hydrogen-bond donors (Lipinski definition) is 1. The van der Waals surface area contributed by atoms with E-state index in [2.05, 4.69) is 11.4 Å². The third-order valence-electron chi connectivity index (χ3n) is 3.71. The topological polar surface area (TPSA) is 21.3 Å². The van der Waals surface area contributed by atoms with Gasteiger partial charge in [0.05, 0.1) is 6.10 Å². The number of halogens is 1. The fourth-order valence-corrected chi connectivity index (χ4v) is 2.92. The lowest BCUT2D eigenvalue weighted by Crippen LogP contribution is -2.43. The molecule has 2 nitrogen and oxygen atoms in total. The van der Waals surface area contributed by atoms with Crippen LogP contribution in [0.15, 0.2) is 24.3 Å². The molecule has 0 amide bonds. The van der Waals surface area contributed by atoms with E-state index in [-0.39, 0.29) is 0 Å². The zero-order valence-electron chi connectivity index (χ0n) is 11.0. The summed E-state index contributed by atoms with van der Waals surface area (Å²) in [4.78, 5) is 0. The van der Waals surface area contributed by atoms with Crippen molar-refractivity contribution in [1.29, 1.82) is 0 Å². The Kier molecular flexibility index (Phi) is 5.48. The molecule has 2 atom stereocenters. The second kappa shape index (κ2) is 7.13. The highest BCUT2D eigenvalue weighted by atomic mass is 35.5. The molecular formula is C15H22ClNO. The molecule has 0 unspecified atom stereocenters. The number of ether oxygens (including phenoxy) is 1. The minimum absolute atomic E-state index is 0.387. The number of benzene rings is 1. The Morgan fingerprint density at radius 1 is 1.33 bits per heavy atom. The molecule has 1 aromatic carbocycles. The average Bonchev–Trinajstić information content (AvgIpc) is 2.39. The van der Waals surface area contributed by atoms with Crippen LogP contribution < -0.4 is 5.32 Å². The standard InChI is InChI=1S/C15H22ClNO/c1-18-15-8-3-2-7-14(15)17-10-9-12-5-4-6-13(16)11-12/h4-6,11,14-15,17H,2-3,7-10H2,1H3/t14-,15+/m1/s1. The van der Waals surface area contributed by atoms with Crippen molar-refractivity contribution in [3.63, 3.8) is 0 Å². The van der Waals surface area contributed by atoms with E-state index in [1.807, 2.05) is 25.3 Å². The average molecular weight is 268 g/mol. The third kappa shape index (κ3) is 3.98. The first-order chi connectivity index (χ1) is 8.79. The smallest absolute Gasteiger partial charge is 0.0724 e. The first kappa shape index (κ1) is 13.9. The number of methoxy groups -OCH3 is 1. The molecule has 1 saturated carbocycles. The Balaban J connectivity index is 1.77. The summed E-state index contributed by atoms with van der Waals surface area (Å²) in [5.74, 6) is 0. The molecule has 1 fully saturated rings. The summed E-state index contributed by atoms with van der Waals surface area (Å²) in [6, 6.07) is 8.61. The van der Waals surface area contributed by atoms with Gasteiger partial charge < -0.3 is 10.1 Å². The van der Waals surface area contributed by atoms with E-state index in [0.717, 1.165) is 18.0 Å². The zero-order valence-corrected chi connectivity index (χ0v) is 11.7. The molecule has 0 bridgehead atoms. The summed E-state index contributed by atoms with van der Waals surface area (Å²) >= 11 is 5.98. The van der Waals surface area contributed by atoms with E-state index in [0.29, 0.717) is 12.1 Å². The van der Waals surface area contributed by atoms with Gasteiger partial charge in [0, 0.05) is 18.2 Å². The first-order valence-corrected chi connectivity index (χ1v) is 7.18. The van der Waals surface area contributed by atoms with Crippen molar-refractivity contribution in [3.8, 4) is 0 Å². The van der Waals surface area contributed by atoms with Gasteiger partial charge in [-0.15, -0.1) is 0 Å². The van der Waals surface area contributed by atoms with Gasteiger partial charge >= 0.3 is 0 Å². The Bertz CT molecular complexity index is 369. The normalized spacial score (nSPS) is 24.1. The van der Waals surface area contributed by atoms with E-state index in [1.54, 1.807) is 0 Å². The predicted octanol–water partition coefficient (Wildman–Crippen LogP) is 3.43. The van der Waals surface area contributed by atoms with Crippen LogP contribution in [0, 0.1) is 0 Å². The lowest BCUT2D eigenvalue weighted by atomic mass is 9.92. The number of rotatable bonds is 5. The Morgan fingerprint density at radius 2 is 2.17 bits per heavy atom. The molecule has 0 aromatic heterocycles. The van der Waals surface area contributed by atoms with Crippen LogP contribution >= 0.6 is 11.6 Å². The van der Waals surface area contributed by atoms with Crippen molar-refractivity contribution in [2.45, 2.75) is 44.2 Å². The van der Waals surface area contributed by atoms with Crippen LogP contribution in [-0.4, -0.2) is 25.8 Å². The van der Waals surface area contributed by atoms with Crippen molar-refractivity contribution in [2.75, 3.05) is 13.7 Å². The van der Waals surface area contributed by atoms with Crippen molar-refractivity contribution in [3.05, 3.63) is 34.9 Å². The molecule has 1 aliphatic rings. The molecule has 0 heterocycles. The van der Waals surface area contributed by atoms with Crippen LogP contribution in [0.5, 0.6) is 0 Å². The minimum atomic E-state index is 0.387. The summed E-state index contributed by atoms with van der Waals surface area (Å²) < 4.78 is 5.54. The molecule has 0 spiro atoms. The SMILES string of the molecule is CO[C@H]1CCCC[C@H]1NCCc1cccc(Cl)c1. The second-order valence-electron chi connectivity index (χ2n) is 5.00. The van der Waals surface area contributed by atoms with Crippen molar-refractivity contribution in [1.82, 2.24) is 5.32 Å². The Morgan fingerprint density at radius 3 is 2.94 bits per heavy atom. The van der Waals surface area contributed by atoms with Gasteiger partial charge in [-0.05, 0) is 43.5 Å². The predicted molar refractivity (Wildman–Crippen MR) is 76.2 cm³/mol. The summed E-state index contributed by atoms with van der Waals surface area (Å²) in [6.07, 6.45) is 6.44. The molecule has 0 aliphatic heterocycles. The van der Waals surface area contributed by atoms with Crippen LogP contribution in [0.2, 0.25) is 5.02 Å². The number of nitrogens with one attached hydrogen (secondary N) is 1. The monoisotopic (exact) mass is 267 g/mol. The summed E-state index contributed by atoms with van der Waals surface area (Å²) in [7, 11) is 1.82. The molecule has 1 aromatic rings. The van der Waals surface area contributed by atoms with E-state index in [9.17, 15) is 0 Å². The highest BCUT2D eigenvalue weighted by Crippen LogP contribution is 2.20. The summed E-state index contributed by atoms with van der Waals surface area (Å²) in [6.45, 7) is 0.991. The molecule has 0 radical (unpaired) electrons. The lowest BCUT2D eigenvalue weighted by Gasteiger charge is -2.31. The van der Waals surface area contributed by atoms with Gasteiger partial charge in [-0.25, -0.2) is 0 Å². The molecule has 1 aliphatic carbocycles. The van der Waals surface area contributed by atoms with Gasteiger partial charge in [0.1, 0.15) is 0 Å². The van der Waals surface area contributed by atoms with Crippen molar-refractivity contribution in [2.24, 2.45) is 0 Å². The molecule has 2 rings (SSSR count). The quantitative estimate of drug-likeness (QED) is 0.883. The highest BCUT2D eigenvalue weighted by Gasteiger charge is 2.23. The zero-order chi connectivity index (χ0) is 12.8. The van der Waals surface area contributed by atoms with Crippen LogP contribution in [0.1, 0.15) is 31.2 Å². The largest absolute Gasteiger partial charge is 0.380 e. The van der Waals surface area contributed by atoms with Crippen molar-refractivity contribution >= 4 is 11.6 Å². The van der Waals surface area contributed by atoms with Crippen LogP contribution in [0.4, 0.5) is 0 Å². The van der Waals surface area contributed by atoms with Crippen LogP contribution in [0.25, 0.3) is 0 Å². The lowest BCUT2D eigenvalue weighted by molar-refractivity contribution is 0.0421. The van der Waals surface area contributed by atoms with Crippen LogP contribution in [0.3, 0.4) is 0 Å². The van der Waals surface area contributed by atoms with E-state index >= 15 is 0 Å². The van der Waals surface area contributed by atoms with E-state index in [4.69, 9.17) is 16.3 Å². The third-order valence-corrected chi connectivity index (χ3v) is 3.95. The maximum atomic E-state index is 5.98. The second-order valence-corrected chi connectivity index (χ2v) is 5.44. The highest BCUT2D eigenvalue weighted by molar-refractivity contribution is 6.30. The van der Waals surface area contributed by atoms with Gasteiger partial charge in [0.2, 0.25) is 0 Å². The summed E-state index contributed by atoms with van der Waals surface area (Å²) in [5.41, 5.74) is 1.29. The minimum Gasteiger partial charge on any atom is -0.380 e. The van der Waals surface area contributed by atoms with E-state index in [1.165, 1.54) is 31.2 Å². The van der Waals surface area contributed by atoms with Crippen LogP contribution in [-0.2, 0) is 11.2 Å². The fraction of sp³-hybridized carbons (Fsp3) is 0.600. The van der Waals surface area contributed by atoms with Gasteiger partial charge in [0.25, 0.3) is 0 Å². The van der Waals surface area contributed by atoms with Gasteiger partial charge in [0.15, 0.2) is 0 Å². The summed E-state index contributed by atoms with van der Waals surface area (Å²) in [5, 5.41) is 4.44. The molecule has 3 heteroatoms. The molecule has 1 N–H and O–H groups in total. The molecule has 0 saturated heterocycles. The first-order valence-electron chi connectivity index (χ1n) is 6.80. The van der Waals surface area contributed by atoms with Gasteiger partial charge in [-0.2, -0.15) is 0 Å². The van der Waals surface area contributed by atoms with E-state index < -0.39 is 0 Å². The molecule has 100 valence electrons. The van der Waals surface area contributed by atoms with Crippen molar-refractivity contribution < 1.29 is 4.74 Å².